The summed E-state index contributed by atoms with van der Waals surface area (Å²) >= 11 is 0. The van der Waals surface area contributed by atoms with Crippen LogP contribution in [0, 0.1) is 11.3 Å². The van der Waals surface area contributed by atoms with Gasteiger partial charge in [-0.3, -0.25) is 0 Å². The maximum atomic E-state index is 8.43. The SMILES string of the molecule is N#Cc1ccc(C(N)=NN)cn1. The Hall–Kier alpha value is -2.09. The van der Waals surface area contributed by atoms with Gasteiger partial charge in [-0.05, 0) is 12.1 Å². The molecule has 0 saturated heterocycles. The number of hydrazone groups is 1. The number of nitrogens with zero attached hydrogens (tertiary/aromatic N) is 3. The van der Waals surface area contributed by atoms with Gasteiger partial charge in [0.25, 0.3) is 0 Å². The highest BCUT2D eigenvalue weighted by molar-refractivity contribution is 5.96. The summed E-state index contributed by atoms with van der Waals surface area (Å²) < 4.78 is 0. The summed E-state index contributed by atoms with van der Waals surface area (Å²) in [5.74, 6) is 5.15. The van der Waals surface area contributed by atoms with Crippen LogP contribution in [-0.4, -0.2) is 10.8 Å². The molecule has 4 N–H and O–H groups in total. The third-order valence-corrected chi connectivity index (χ3v) is 1.31. The van der Waals surface area contributed by atoms with Gasteiger partial charge < -0.3 is 11.6 Å². The van der Waals surface area contributed by atoms with E-state index in [4.69, 9.17) is 16.8 Å². The lowest BCUT2D eigenvalue weighted by molar-refractivity contribution is 1.21. The van der Waals surface area contributed by atoms with Crippen molar-refractivity contribution in [3.63, 3.8) is 0 Å². The van der Waals surface area contributed by atoms with Crippen LogP contribution in [0.15, 0.2) is 23.4 Å². The largest absolute Gasteiger partial charge is 0.382 e. The average molecular weight is 161 g/mol. The molecule has 0 aliphatic heterocycles. The summed E-state index contributed by atoms with van der Waals surface area (Å²) in [5.41, 5.74) is 6.33. The van der Waals surface area contributed by atoms with Crippen molar-refractivity contribution >= 4 is 5.84 Å². The Labute approximate surface area is 69.3 Å². The number of hydrogen-bond acceptors (Lipinski definition) is 4. The molecule has 0 fully saturated rings. The van der Waals surface area contributed by atoms with Gasteiger partial charge in [-0.25, -0.2) is 4.98 Å². The zero-order valence-electron chi connectivity index (χ0n) is 6.23. The summed E-state index contributed by atoms with van der Waals surface area (Å²) in [6.07, 6.45) is 1.45. The van der Waals surface area contributed by atoms with E-state index in [0.29, 0.717) is 11.3 Å². The van der Waals surface area contributed by atoms with Crippen molar-refractivity contribution in [2.24, 2.45) is 16.7 Å². The first-order valence-electron chi connectivity index (χ1n) is 3.18. The average Bonchev–Trinajstić information content (AvgIpc) is 2.17. The Bertz CT molecular complexity index is 332. The van der Waals surface area contributed by atoms with E-state index in [1.54, 1.807) is 12.1 Å². The third kappa shape index (κ3) is 1.49. The molecular weight excluding hydrogens is 154 g/mol. The molecule has 60 valence electrons. The molecule has 1 rings (SSSR count). The number of hydrogen-bond donors (Lipinski definition) is 2. The summed E-state index contributed by atoms with van der Waals surface area (Å²) in [4.78, 5) is 3.79. The van der Waals surface area contributed by atoms with Gasteiger partial charge in [0.15, 0.2) is 5.84 Å². The number of nitriles is 1. The fraction of sp³-hybridized carbons (Fsp3) is 0. The van der Waals surface area contributed by atoms with Crippen molar-refractivity contribution in [1.82, 2.24) is 4.98 Å². The molecule has 1 heterocycles. The van der Waals surface area contributed by atoms with Gasteiger partial charge in [0, 0.05) is 11.8 Å². The van der Waals surface area contributed by atoms with Gasteiger partial charge in [-0.15, -0.1) is 0 Å². The van der Waals surface area contributed by atoms with E-state index in [9.17, 15) is 0 Å². The molecule has 5 nitrogen and oxygen atoms in total. The molecule has 12 heavy (non-hydrogen) atoms. The molecule has 1 aromatic heterocycles. The van der Waals surface area contributed by atoms with Crippen LogP contribution in [0.2, 0.25) is 0 Å². The molecule has 5 heteroatoms. The number of aromatic nitrogens is 1. The lowest BCUT2D eigenvalue weighted by Gasteiger charge is -1.96. The van der Waals surface area contributed by atoms with Crippen LogP contribution in [0.1, 0.15) is 11.3 Å². The standard InChI is InChI=1S/C7H7N5/c8-3-6-2-1-5(4-11-6)7(9)12-10/h1-2,4H,10H2,(H2,9,12). The van der Waals surface area contributed by atoms with Crippen LogP contribution in [0.4, 0.5) is 0 Å². The maximum absolute atomic E-state index is 8.43. The maximum Gasteiger partial charge on any atom is 0.151 e. The van der Waals surface area contributed by atoms with Crippen LogP contribution in [-0.2, 0) is 0 Å². The minimum absolute atomic E-state index is 0.201. The normalized spacial score (nSPS) is 10.8. The molecule has 0 aliphatic carbocycles. The molecule has 0 aromatic carbocycles. The van der Waals surface area contributed by atoms with Crippen LogP contribution >= 0.6 is 0 Å². The first-order chi connectivity index (χ1) is 5.77. The molecule has 0 unspecified atom stereocenters. The first kappa shape index (κ1) is 8.01. The fourth-order valence-electron chi connectivity index (χ4n) is 0.686. The van der Waals surface area contributed by atoms with Crippen molar-refractivity contribution in [2.45, 2.75) is 0 Å². The Balaban J connectivity index is 3.02. The Morgan fingerprint density at radius 3 is 2.75 bits per heavy atom. The van der Waals surface area contributed by atoms with Gasteiger partial charge in [-0.1, -0.05) is 0 Å². The number of nitrogens with two attached hydrogens (primary N) is 2. The number of rotatable bonds is 1. The molecule has 0 atom stereocenters. The van der Waals surface area contributed by atoms with E-state index in [1.165, 1.54) is 6.20 Å². The fourth-order valence-corrected chi connectivity index (χ4v) is 0.686. The topological polar surface area (TPSA) is 101 Å². The van der Waals surface area contributed by atoms with E-state index in [-0.39, 0.29) is 5.84 Å². The second-order valence-corrected chi connectivity index (χ2v) is 2.06. The lowest BCUT2D eigenvalue weighted by Crippen LogP contribution is -2.15. The molecule has 0 spiro atoms. The van der Waals surface area contributed by atoms with Gasteiger partial charge in [0.05, 0.1) is 0 Å². The van der Waals surface area contributed by atoms with Crippen LogP contribution in [0.5, 0.6) is 0 Å². The minimum atomic E-state index is 0.201. The zero-order valence-corrected chi connectivity index (χ0v) is 6.23. The Morgan fingerprint density at radius 1 is 1.58 bits per heavy atom. The summed E-state index contributed by atoms with van der Waals surface area (Å²) in [6.45, 7) is 0. The molecule has 1 aromatic rings. The van der Waals surface area contributed by atoms with Crippen molar-refractivity contribution in [3.8, 4) is 6.07 Å². The minimum Gasteiger partial charge on any atom is -0.382 e. The van der Waals surface area contributed by atoms with E-state index in [1.807, 2.05) is 6.07 Å². The van der Waals surface area contributed by atoms with Crippen LogP contribution in [0.25, 0.3) is 0 Å². The zero-order chi connectivity index (χ0) is 8.97. The molecular formula is C7H7N5. The van der Waals surface area contributed by atoms with E-state index >= 15 is 0 Å². The molecule has 0 bridgehead atoms. The van der Waals surface area contributed by atoms with E-state index in [0.717, 1.165) is 0 Å². The van der Waals surface area contributed by atoms with Crippen molar-refractivity contribution in [3.05, 3.63) is 29.6 Å². The first-order valence-corrected chi connectivity index (χ1v) is 3.18. The van der Waals surface area contributed by atoms with Gasteiger partial charge in [-0.2, -0.15) is 10.4 Å². The quantitative estimate of drug-likeness (QED) is 0.251. The lowest BCUT2D eigenvalue weighted by atomic mass is 10.2. The summed E-state index contributed by atoms with van der Waals surface area (Å²) in [6, 6.07) is 5.07. The highest BCUT2D eigenvalue weighted by Gasteiger charge is 1.97. The van der Waals surface area contributed by atoms with E-state index < -0.39 is 0 Å². The van der Waals surface area contributed by atoms with Gasteiger partial charge in [0.2, 0.25) is 0 Å². The second-order valence-electron chi connectivity index (χ2n) is 2.06. The van der Waals surface area contributed by atoms with Crippen molar-refractivity contribution < 1.29 is 0 Å². The highest BCUT2D eigenvalue weighted by Crippen LogP contribution is 1.97. The predicted molar refractivity (Wildman–Crippen MR) is 43.9 cm³/mol. The van der Waals surface area contributed by atoms with Gasteiger partial charge in [0.1, 0.15) is 11.8 Å². The van der Waals surface area contributed by atoms with Crippen LogP contribution < -0.4 is 11.6 Å². The molecule has 0 saturated carbocycles. The van der Waals surface area contributed by atoms with Crippen LogP contribution in [0.3, 0.4) is 0 Å². The Kier molecular flexibility index (Phi) is 2.23. The highest BCUT2D eigenvalue weighted by atomic mass is 15.2. The monoisotopic (exact) mass is 161 g/mol. The summed E-state index contributed by atoms with van der Waals surface area (Å²) in [5, 5.41) is 11.7. The third-order valence-electron chi connectivity index (χ3n) is 1.31. The molecule has 0 amide bonds. The smallest absolute Gasteiger partial charge is 0.151 e. The number of pyridine rings is 1. The summed E-state index contributed by atoms with van der Waals surface area (Å²) in [7, 11) is 0. The van der Waals surface area contributed by atoms with Gasteiger partial charge >= 0.3 is 0 Å². The van der Waals surface area contributed by atoms with Crippen molar-refractivity contribution in [1.29, 1.82) is 5.26 Å². The predicted octanol–water partition coefficient (Wildman–Crippen LogP) is -0.468. The second kappa shape index (κ2) is 3.34. The van der Waals surface area contributed by atoms with Crippen molar-refractivity contribution in [2.75, 3.05) is 0 Å². The Morgan fingerprint density at radius 2 is 2.33 bits per heavy atom. The molecule has 0 aliphatic rings. The molecule has 0 radical (unpaired) electrons. The van der Waals surface area contributed by atoms with E-state index in [2.05, 4.69) is 10.1 Å². The number of amidine groups is 1.